The number of hydrogen-bond donors (Lipinski definition) is 0. The van der Waals surface area contributed by atoms with Crippen LogP contribution in [-0.2, 0) is 4.43 Å². The van der Waals surface area contributed by atoms with Crippen LogP contribution in [0.25, 0.3) is 0 Å². The van der Waals surface area contributed by atoms with Gasteiger partial charge in [0.15, 0.2) is 0 Å². The Morgan fingerprint density at radius 2 is 1.63 bits per heavy atom. The second kappa shape index (κ2) is 7.32. The lowest BCUT2D eigenvalue weighted by atomic mass is 10.0. The molecule has 0 radical (unpaired) electrons. The molecule has 0 aromatic carbocycles. The van der Waals surface area contributed by atoms with Crippen molar-refractivity contribution in [2.24, 2.45) is 5.92 Å². The maximum atomic E-state index is 6.47. The van der Waals surface area contributed by atoms with E-state index in [-0.39, 0.29) is 0 Å². The topological polar surface area (TPSA) is 9.23 Å². The van der Waals surface area contributed by atoms with Crippen molar-refractivity contribution in [3.05, 3.63) is 23.0 Å². The first-order valence-electron chi connectivity index (χ1n) is 8.06. The molecule has 1 unspecified atom stereocenters. The van der Waals surface area contributed by atoms with E-state index in [2.05, 4.69) is 46.5 Å². The van der Waals surface area contributed by atoms with Crippen molar-refractivity contribution in [2.45, 2.75) is 78.9 Å². The summed E-state index contributed by atoms with van der Waals surface area (Å²) in [5.41, 5.74) is 3.13. The third-order valence-electron chi connectivity index (χ3n) is 3.46. The van der Waals surface area contributed by atoms with E-state index >= 15 is 0 Å². The molecule has 0 saturated heterocycles. The van der Waals surface area contributed by atoms with Gasteiger partial charge in [0, 0.05) is 5.92 Å². The van der Waals surface area contributed by atoms with Crippen LogP contribution in [-0.4, -0.2) is 8.32 Å². The van der Waals surface area contributed by atoms with Crippen LogP contribution in [0.1, 0.15) is 59.3 Å². The zero-order valence-corrected chi connectivity index (χ0v) is 14.8. The fraction of sp³-hybridized carbons (Fsp3) is 0.765. The van der Waals surface area contributed by atoms with E-state index in [4.69, 9.17) is 4.43 Å². The predicted molar refractivity (Wildman–Crippen MR) is 87.8 cm³/mol. The lowest BCUT2D eigenvalue weighted by Crippen LogP contribution is -2.27. The third-order valence-corrected chi connectivity index (χ3v) is 4.29. The van der Waals surface area contributed by atoms with Gasteiger partial charge in [-0.2, -0.15) is 0 Å². The molecule has 0 spiro atoms. The van der Waals surface area contributed by atoms with Crippen LogP contribution in [0.2, 0.25) is 19.6 Å². The molecule has 1 aliphatic rings. The summed E-state index contributed by atoms with van der Waals surface area (Å²) >= 11 is 0. The number of rotatable bonds is 8. The van der Waals surface area contributed by atoms with Crippen molar-refractivity contribution < 1.29 is 4.43 Å². The van der Waals surface area contributed by atoms with Crippen LogP contribution in [0.15, 0.2) is 23.0 Å². The normalized spacial score (nSPS) is 19.9. The van der Waals surface area contributed by atoms with Crippen molar-refractivity contribution in [3.63, 3.8) is 0 Å². The SMILES string of the molecule is CCCC1=CC(CCC)C(O[Si](C)(C)C)=C1CCC. The summed E-state index contributed by atoms with van der Waals surface area (Å²) in [5, 5.41) is 0. The highest BCUT2D eigenvalue weighted by Crippen LogP contribution is 2.40. The minimum atomic E-state index is -1.51. The minimum absolute atomic E-state index is 0.555. The van der Waals surface area contributed by atoms with Crippen LogP contribution in [0.3, 0.4) is 0 Å². The molecule has 2 heteroatoms. The average molecular weight is 281 g/mol. The van der Waals surface area contributed by atoms with Gasteiger partial charge < -0.3 is 4.43 Å². The Balaban J connectivity index is 3.04. The summed E-state index contributed by atoms with van der Waals surface area (Å²) in [6, 6.07) is 0. The van der Waals surface area contributed by atoms with Gasteiger partial charge >= 0.3 is 0 Å². The zero-order chi connectivity index (χ0) is 14.5. The van der Waals surface area contributed by atoms with Crippen LogP contribution >= 0.6 is 0 Å². The van der Waals surface area contributed by atoms with Gasteiger partial charge in [0.1, 0.15) is 0 Å². The largest absolute Gasteiger partial charge is 0.547 e. The van der Waals surface area contributed by atoms with Crippen LogP contribution in [0.4, 0.5) is 0 Å². The summed E-state index contributed by atoms with van der Waals surface area (Å²) in [6.45, 7) is 13.7. The van der Waals surface area contributed by atoms with Crippen molar-refractivity contribution in [3.8, 4) is 0 Å². The molecule has 0 heterocycles. The molecule has 1 rings (SSSR count). The highest BCUT2D eigenvalue weighted by molar-refractivity contribution is 6.70. The van der Waals surface area contributed by atoms with Gasteiger partial charge in [0.25, 0.3) is 0 Å². The molecule has 0 aliphatic heterocycles. The minimum Gasteiger partial charge on any atom is -0.547 e. The van der Waals surface area contributed by atoms with Gasteiger partial charge in [-0.25, -0.2) is 0 Å². The van der Waals surface area contributed by atoms with Gasteiger partial charge in [0.2, 0.25) is 8.32 Å². The fourth-order valence-electron chi connectivity index (χ4n) is 2.83. The molecule has 0 amide bonds. The van der Waals surface area contributed by atoms with Gasteiger partial charge in [-0.05, 0) is 50.0 Å². The standard InChI is InChI=1S/C17H32OSi/c1-7-10-14-13-15(11-8-2)17(16(14)12-9-3)18-19(4,5)6/h13,15H,7-12H2,1-6H3. The highest BCUT2D eigenvalue weighted by atomic mass is 28.4. The van der Waals surface area contributed by atoms with Crippen molar-refractivity contribution in [2.75, 3.05) is 0 Å². The van der Waals surface area contributed by atoms with Crippen molar-refractivity contribution in [1.29, 1.82) is 0 Å². The quantitative estimate of drug-likeness (QED) is 0.492. The number of allylic oxidation sites excluding steroid dienone is 3. The van der Waals surface area contributed by atoms with Crippen LogP contribution < -0.4 is 0 Å². The molecule has 110 valence electrons. The van der Waals surface area contributed by atoms with Crippen molar-refractivity contribution >= 4 is 8.32 Å². The zero-order valence-electron chi connectivity index (χ0n) is 13.8. The lowest BCUT2D eigenvalue weighted by molar-refractivity contribution is 0.357. The number of hydrogen-bond acceptors (Lipinski definition) is 1. The van der Waals surface area contributed by atoms with E-state index in [0.29, 0.717) is 5.92 Å². The fourth-order valence-corrected chi connectivity index (χ4v) is 3.77. The molecule has 0 saturated carbocycles. The van der Waals surface area contributed by atoms with Gasteiger partial charge in [-0.1, -0.05) is 46.1 Å². The predicted octanol–water partition coefficient (Wildman–Crippen LogP) is 6.05. The summed E-state index contributed by atoms with van der Waals surface area (Å²) in [4.78, 5) is 0. The lowest BCUT2D eigenvalue weighted by Gasteiger charge is -2.26. The third kappa shape index (κ3) is 4.83. The van der Waals surface area contributed by atoms with E-state index in [0.717, 1.165) is 0 Å². The monoisotopic (exact) mass is 280 g/mol. The Bertz CT molecular complexity index is 347. The average Bonchev–Trinajstić information content (AvgIpc) is 2.58. The molecule has 0 bridgehead atoms. The molecule has 0 aromatic rings. The molecule has 0 N–H and O–H groups in total. The first kappa shape index (κ1) is 16.6. The molecule has 1 aliphatic carbocycles. The summed E-state index contributed by atoms with van der Waals surface area (Å²) in [6.07, 6.45) is 9.83. The van der Waals surface area contributed by atoms with E-state index in [1.807, 2.05) is 0 Å². The first-order chi connectivity index (χ1) is 8.92. The molecule has 0 aromatic heterocycles. The maximum Gasteiger partial charge on any atom is 0.241 e. The van der Waals surface area contributed by atoms with E-state index in [1.165, 1.54) is 44.3 Å². The Morgan fingerprint density at radius 3 is 2.11 bits per heavy atom. The van der Waals surface area contributed by atoms with E-state index in [9.17, 15) is 0 Å². The molecule has 19 heavy (non-hydrogen) atoms. The molecule has 0 fully saturated rings. The first-order valence-corrected chi connectivity index (χ1v) is 11.5. The van der Waals surface area contributed by atoms with Gasteiger partial charge in [-0.3, -0.25) is 0 Å². The summed E-state index contributed by atoms with van der Waals surface area (Å²) < 4.78 is 6.47. The second-order valence-electron chi connectivity index (χ2n) is 6.64. The molecular weight excluding hydrogens is 248 g/mol. The molecule has 1 atom stereocenters. The van der Waals surface area contributed by atoms with E-state index in [1.54, 1.807) is 11.1 Å². The maximum absolute atomic E-state index is 6.47. The highest BCUT2D eigenvalue weighted by Gasteiger charge is 2.30. The van der Waals surface area contributed by atoms with Gasteiger partial charge in [-0.15, -0.1) is 0 Å². The Morgan fingerprint density at radius 1 is 1.00 bits per heavy atom. The second-order valence-corrected chi connectivity index (χ2v) is 11.1. The van der Waals surface area contributed by atoms with Gasteiger partial charge in [0.05, 0.1) is 5.76 Å². The molecule has 1 nitrogen and oxygen atoms in total. The Hall–Kier alpha value is -0.503. The summed E-state index contributed by atoms with van der Waals surface area (Å²) in [7, 11) is -1.51. The molecular formula is C17H32OSi. The Kier molecular flexibility index (Phi) is 6.38. The smallest absolute Gasteiger partial charge is 0.241 e. The van der Waals surface area contributed by atoms with E-state index < -0.39 is 8.32 Å². The summed E-state index contributed by atoms with van der Waals surface area (Å²) in [5.74, 6) is 1.89. The Labute approximate surface area is 121 Å². The van der Waals surface area contributed by atoms with Crippen molar-refractivity contribution in [1.82, 2.24) is 0 Å². The van der Waals surface area contributed by atoms with Crippen LogP contribution in [0, 0.1) is 5.92 Å². The van der Waals surface area contributed by atoms with Crippen LogP contribution in [0.5, 0.6) is 0 Å².